The molecule has 1 aliphatic rings. The molecular weight excluding hydrogens is 314 g/mol. The summed E-state index contributed by atoms with van der Waals surface area (Å²) >= 11 is 3.62. The van der Waals surface area contributed by atoms with E-state index in [0.717, 1.165) is 36.8 Å². The lowest BCUT2D eigenvalue weighted by Gasteiger charge is -2.33. The molecule has 0 saturated heterocycles. The zero-order valence-electron chi connectivity index (χ0n) is 11.8. The van der Waals surface area contributed by atoms with Gasteiger partial charge in [0.25, 0.3) is 0 Å². The van der Waals surface area contributed by atoms with Crippen molar-refractivity contribution in [1.29, 1.82) is 0 Å². The molecule has 1 heterocycles. The summed E-state index contributed by atoms with van der Waals surface area (Å²) in [6.45, 7) is 6.15. The normalized spacial score (nSPS) is 19.7. The molecule has 1 aromatic rings. The summed E-state index contributed by atoms with van der Waals surface area (Å²) in [7, 11) is 0. The van der Waals surface area contributed by atoms with Gasteiger partial charge in [0.05, 0.1) is 0 Å². The SMILES string of the molecule is C=CC1CC(CCCO)=CCN1Cc1ccccc1Br. The maximum atomic E-state index is 8.93. The van der Waals surface area contributed by atoms with Gasteiger partial charge in [-0.15, -0.1) is 6.58 Å². The Bertz CT molecular complexity index is 484. The average Bonchev–Trinajstić information content (AvgIpc) is 2.48. The van der Waals surface area contributed by atoms with E-state index < -0.39 is 0 Å². The van der Waals surface area contributed by atoms with Crippen LogP contribution in [0.5, 0.6) is 0 Å². The third kappa shape index (κ3) is 4.05. The van der Waals surface area contributed by atoms with Crippen molar-refractivity contribution in [2.45, 2.75) is 31.8 Å². The second kappa shape index (κ2) is 7.77. The van der Waals surface area contributed by atoms with Crippen LogP contribution in [0.3, 0.4) is 0 Å². The van der Waals surface area contributed by atoms with Crippen molar-refractivity contribution < 1.29 is 5.11 Å². The fourth-order valence-corrected chi connectivity index (χ4v) is 3.04. The van der Waals surface area contributed by atoms with E-state index in [-0.39, 0.29) is 6.61 Å². The van der Waals surface area contributed by atoms with Crippen LogP contribution >= 0.6 is 15.9 Å². The fraction of sp³-hybridized carbons (Fsp3) is 0.412. The molecule has 1 unspecified atom stereocenters. The highest BCUT2D eigenvalue weighted by molar-refractivity contribution is 9.10. The molecule has 1 N–H and O–H groups in total. The topological polar surface area (TPSA) is 23.5 Å². The van der Waals surface area contributed by atoms with Crippen molar-refractivity contribution in [3.8, 4) is 0 Å². The van der Waals surface area contributed by atoms with Crippen molar-refractivity contribution in [1.82, 2.24) is 4.90 Å². The number of halogens is 1. The van der Waals surface area contributed by atoms with Crippen LogP contribution in [-0.2, 0) is 6.54 Å². The van der Waals surface area contributed by atoms with Crippen LogP contribution in [0.15, 0.2) is 53.0 Å². The van der Waals surface area contributed by atoms with Crippen LogP contribution in [0.1, 0.15) is 24.8 Å². The fourth-order valence-electron chi connectivity index (χ4n) is 2.63. The highest BCUT2D eigenvalue weighted by Gasteiger charge is 2.21. The second-order valence-electron chi connectivity index (χ2n) is 5.22. The zero-order chi connectivity index (χ0) is 14.4. The molecule has 20 heavy (non-hydrogen) atoms. The summed E-state index contributed by atoms with van der Waals surface area (Å²) in [5.41, 5.74) is 2.76. The van der Waals surface area contributed by atoms with Crippen molar-refractivity contribution in [3.63, 3.8) is 0 Å². The van der Waals surface area contributed by atoms with E-state index in [2.05, 4.69) is 51.7 Å². The Morgan fingerprint density at radius 1 is 1.40 bits per heavy atom. The monoisotopic (exact) mass is 335 g/mol. The van der Waals surface area contributed by atoms with Crippen LogP contribution in [-0.4, -0.2) is 29.2 Å². The Kier molecular flexibility index (Phi) is 6.02. The van der Waals surface area contributed by atoms with Gasteiger partial charge in [0.1, 0.15) is 0 Å². The highest BCUT2D eigenvalue weighted by Crippen LogP contribution is 2.25. The van der Waals surface area contributed by atoms with Crippen LogP contribution in [0, 0.1) is 0 Å². The predicted octanol–water partition coefficient (Wildman–Crippen LogP) is 3.91. The van der Waals surface area contributed by atoms with Crippen LogP contribution < -0.4 is 0 Å². The summed E-state index contributed by atoms with van der Waals surface area (Å²) in [5, 5.41) is 8.93. The second-order valence-corrected chi connectivity index (χ2v) is 6.07. The number of hydrogen-bond donors (Lipinski definition) is 1. The molecule has 0 bridgehead atoms. The van der Waals surface area contributed by atoms with Gasteiger partial charge >= 0.3 is 0 Å². The number of hydrogen-bond acceptors (Lipinski definition) is 2. The van der Waals surface area contributed by atoms with Crippen LogP contribution in [0.2, 0.25) is 0 Å². The Labute approximate surface area is 129 Å². The quantitative estimate of drug-likeness (QED) is 0.796. The Balaban J connectivity index is 2.03. The minimum atomic E-state index is 0.275. The molecule has 0 spiro atoms. The van der Waals surface area contributed by atoms with Gasteiger partial charge in [-0.1, -0.05) is 51.9 Å². The van der Waals surface area contributed by atoms with E-state index in [1.165, 1.54) is 11.1 Å². The number of rotatable bonds is 6. The Morgan fingerprint density at radius 2 is 2.20 bits per heavy atom. The van der Waals surface area contributed by atoms with E-state index in [1.807, 2.05) is 12.1 Å². The van der Waals surface area contributed by atoms with Crippen LogP contribution in [0.25, 0.3) is 0 Å². The van der Waals surface area contributed by atoms with Gasteiger partial charge in [-0.2, -0.15) is 0 Å². The van der Waals surface area contributed by atoms with Gasteiger partial charge in [0.15, 0.2) is 0 Å². The van der Waals surface area contributed by atoms with E-state index >= 15 is 0 Å². The first-order valence-corrected chi connectivity index (χ1v) is 7.92. The van der Waals surface area contributed by atoms with Gasteiger partial charge < -0.3 is 5.11 Å². The van der Waals surface area contributed by atoms with Gasteiger partial charge in [-0.3, -0.25) is 4.90 Å². The Morgan fingerprint density at radius 3 is 2.90 bits per heavy atom. The molecule has 0 aromatic heterocycles. The number of aliphatic hydroxyl groups is 1. The molecule has 0 aliphatic carbocycles. The van der Waals surface area contributed by atoms with E-state index in [0.29, 0.717) is 6.04 Å². The first-order chi connectivity index (χ1) is 9.74. The van der Waals surface area contributed by atoms with E-state index in [9.17, 15) is 0 Å². The van der Waals surface area contributed by atoms with Gasteiger partial charge in [0, 0.05) is 30.2 Å². The zero-order valence-corrected chi connectivity index (χ0v) is 13.3. The Hall–Kier alpha value is -0.900. The van der Waals surface area contributed by atoms with Gasteiger partial charge in [-0.05, 0) is 30.9 Å². The van der Waals surface area contributed by atoms with Crippen molar-refractivity contribution in [2.75, 3.05) is 13.2 Å². The van der Waals surface area contributed by atoms with Crippen molar-refractivity contribution in [3.05, 3.63) is 58.6 Å². The predicted molar refractivity (Wildman–Crippen MR) is 87.6 cm³/mol. The molecule has 0 saturated carbocycles. The summed E-state index contributed by atoms with van der Waals surface area (Å²) in [6.07, 6.45) is 7.26. The molecule has 1 atom stereocenters. The van der Waals surface area contributed by atoms with Crippen LogP contribution in [0.4, 0.5) is 0 Å². The summed E-state index contributed by atoms with van der Waals surface area (Å²) in [4.78, 5) is 2.44. The first-order valence-electron chi connectivity index (χ1n) is 7.13. The third-order valence-electron chi connectivity index (χ3n) is 3.81. The van der Waals surface area contributed by atoms with Crippen molar-refractivity contribution in [2.24, 2.45) is 0 Å². The summed E-state index contributed by atoms with van der Waals surface area (Å²) in [5.74, 6) is 0. The van der Waals surface area contributed by atoms with E-state index in [1.54, 1.807) is 0 Å². The molecular formula is C17H22BrNO. The number of aliphatic hydroxyl groups excluding tert-OH is 1. The van der Waals surface area contributed by atoms with Crippen molar-refractivity contribution >= 4 is 15.9 Å². The minimum Gasteiger partial charge on any atom is -0.396 e. The summed E-state index contributed by atoms with van der Waals surface area (Å²) < 4.78 is 1.16. The lowest BCUT2D eigenvalue weighted by molar-refractivity contribution is 0.227. The molecule has 2 nitrogen and oxygen atoms in total. The largest absolute Gasteiger partial charge is 0.396 e. The molecule has 3 heteroatoms. The number of benzene rings is 1. The third-order valence-corrected chi connectivity index (χ3v) is 4.59. The lowest BCUT2D eigenvalue weighted by Crippen LogP contribution is -2.36. The maximum absolute atomic E-state index is 8.93. The summed E-state index contributed by atoms with van der Waals surface area (Å²) in [6, 6.07) is 8.76. The molecule has 108 valence electrons. The average molecular weight is 336 g/mol. The standard InChI is InChI=1S/C17H22BrNO/c1-2-16-12-14(6-5-11-20)9-10-19(16)13-15-7-3-4-8-17(15)18/h2-4,7-9,16,20H,1,5-6,10-13H2. The molecule has 2 rings (SSSR count). The highest BCUT2D eigenvalue weighted by atomic mass is 79.9. The number of nitrogens with zero attached hydrogens (tertiary/aromatic N) is 1. The molecule has 0 amide bonds. The molecule has 1 aliphatic heterocycles. The first kappa shape index (κ1) is 15.5. The minimum absolute atomic E-state index is 0.275. The molecule has 0 fully saturated rings. The lowest BCUT2D eigenvalue weighted by atomic mass is 9.96. The molecule has 0 radical (unpaired) electrons. The molecule has 1 aromatic carbocycles. The maximum Gasteiger partial charge on any atom is 0.0434 e. The van der Waals surface area contributed by atoms with E-state index in [4.69, 9.17) is 5.11 Å². The smallest absolute Gasteiger partial charge is 0.0434 e. The van der Waals surface area contributed by atoms with Gasteiger partial charge in [0.2, 0.25) is 0 Å². The van der Waals surface area contributed by atoms with Gasteiger partial charge in [-0.25, -0.2) is 0 Å².